The first-order valence-corrected chi connectivity index (χ1v) is 5.13. The van der Waals surface area contributed by atoms with Crippen molar-refractivity contribution in [3.8, 4) is 0 Å². The standard InChI is InChI=1S/C10H19F3O3/c1-8(2)9(5-14,6-15)3-4-16-7-10(11,12)13/h8,14-15H,3-7H2,1-2H3. The molecule has 98 valence electrons. The van der Waals surface area contributed by atoms with Crippen LogP contribution in [0.4, 0.5) is 13.2 Å². The number of ether oxygens (including phenoxy) is 1. The van der Waals surface area contributed by atoms with E-state index < -0.39 is 18.2 Å². The number of rotatable bonds is 7. The Kier molecular flexibility index (Phi) is 6.28. The fourth-order valence-corrected chi connectivity index (χ4v) is 1.33. The van der Waals surface area contributed by atoms with Crippen LogP contribution in [0.3, 0.4) is 0 Å². The van der Waals surface area contributed by atoms with Gasteiger partial charge < -0.3 is 14.9 Å². The zero-order valence-corrected chi connectivity index (χ0v) is 9.55. The van der Waals surface area contributed by atoms with E-state index in [4.69, 9.17) is 10.2 Å². The minimum Gasteiger partial charge on any atom is -0.396 e. The third-order valence-corrected chi connectivity index (χ3v) is 2.86. The van der Waals surface area contributed by atoms with Crippen LogP contribution in [0, 0.1) is 11.3 Å². The molecule has 0 aromatic rings. The number of halogens is 3. The molecule has 16 heavy (non-hydrogen) atoms. The first-order chi connectivity index (χ1) is 7.27. The molecule has 0 fully saturated rings. The Morgan fingerprint density at radius 1 is 1.12 bits per heavy atom. The average Bonchev–Trinajstić information content (AvgIpc) is 2.17. The summed E-state index contributed by atoms with van der Waals surface area (Å²) in [5.41, 5.74) is -0.772. The van der Waals surface area contributed by atoms with E-state index in [0.29, 0.717) is 0 Å². The van der Waals surface area contributed by atoms with Gasteiger partial charge in [0.1, 0.15) is 6.61 Å². The molecule has 0 spiro atoms. The zero-order chi connectivity index (χ0) is 12.8. The lowest BCUT2D eigenvalue weighted by Gasteiger charge is -2.33. The second-order valence-electron chi connectivity index (χ2n) is 4.25. The average molecular weight is 244 g/mol. The van der Waals surface area contributed by atoms with Crippen molar-refractivity contribution in [2.45, 2.75) is 26.4 Å². The van der Waals surface area contributed by atoms with Gasteiger partial charge in [-0.25, -0.2) is 0 Å². The van der Waals surface area contributed by atoms with Crippen LogP contribution in [0.1, 0.15) is 20.3 Å². The molecule has 0 saturated carbocycles. The number of hydrogen-bond donors (Lipinski definition) is 2. The second kappa shape index (κ2) is 6.42. The molecule has 0 atom stereocenters. The summed E-state index contributed by atoms with van der Waals surface area (Å²) in [5, 5.41) is 18.3. The normalized spacial score (nSPS) is 13.5. The summed E-state index contributed by atoms with van der Waals surface area (Å²) in [4.78, 5) is 0. The summed E-state index contributed by atoms with van der Waals surface area (Å²) < 4.78 is 39.8. The van der Waals surface area contributed by atoms with Crippen molar-refractivity contribution >= 4 is 0 Å². The largest absolute Gasteiger partial charge is 0.411 e. The molecule has 2 N–H and O–H groups in total. The first kappa shape index (κ1) is 15.7. The van der Waals surface area contributed by atoms with Gasteiger partial charge in [0.15, 0.2) is 0 Å². The number of alkyl halides is 3. The summed E-state index contributed by atoms with van der Waals surface area (Å²) in [6.45, 7) is 1.65. The molecule has 0 aliphatic heterocycles. The van der Waals surface area contributed by atoms with Gasteiger partial charge >= 0.3 is 6.18 Å². The van der Waals surface area contributed by atoms with Crippen LogP contribution in [0.25, 0.3) is 0 Å². The summed E-state index contributed by atoms with van der Waals surface area (Å²) in [5.74, 6) is -0.0306. The van der Waals surface area contributed by atoms with E-state index >= 15 is 0 Å². The van der Waals surface area contributed by atoms with Gasteiger partial charge in [0.2, 0.25) is 0 Å². The highest BCUT2D eigenvalue weighted by Gasteiger charge is 2.33. The number of hydrogen-bond acceptors (Lipinski definition) is 3. The minimum atomic E-state index is -4.33. The van der Waals surface area contributed by atoms with E-state index in [2.05, 4.69) is 4.74 Å². The zero-order valence-electron chi connectivity index (χ0n) is 9.55. The predicted molar refractivity (Wildman–Crippen MR) is 52.9 cm³/mol. The molecule has 0 bridgehead atoms. The Morgan fingerprint density at radius 2 is 1.62 bits per heavy atom. The quantitative estimate of drug-likeness (QED) is 0.668. The molecule has 0 aliphatic carbocycles. The Bertz CT molecular complexity index is 188. The first-order valence-electron chi connectivity index (χ1n) is 5.13. The van der Waals surface area contributed by atoms with E-state index in [1.807, 2.05) is 0 Å². The van der Waals surface area contributed by atoms with E-state index in [1.165, 1.54) is 0 Å². The van der Waals surface area contributed by atoms with Crippen LogP contribution in [-0.4, -0.2) is 42.8 Å². The Morgan fingerprint density at radius 3 is 1.94 bits per heavy atom. The van der Waals surface area contributed by atoms with Gasteiger partial charge in [-0.2, -0.15) is 13.2 Å². The lowest BCUT2D eigenvalue weighted by Crippen LogP contribution is -2.37. The van der Waals surface area contributed by atoms with Crippen LogP contribution < -0.4 is 0 Å². The summed E-state index contributed by atoms with van der Waals surface area (Å²) in [7, 11) is 0. The molecule has 0 aliphatic rings. The van der Waals surface area contributed by atoms with Crippen LogP contribution >= 0.6 is 0 Å². The smallest absolute Gasteiger partial charge is 0.396 e. The SMILES string of the molecule is CC(C)C(CO)(CO)CCOCC(F)(F)F. The minimum absolute atomic E-state index is 0.0306. The molecular weight excluding hydrogens is 225 g/mol. The van der Waals surface area contributed by atoms with E-state index in [1.54, 1.807) is 13.8 Å². The fraction of sp³-hybridized carbons (Fsp3) is 1.00. The van der Waals surface area contributed by atoms with Crippen molar-refractivity contribution < 1.29 is 28.1 Å². The highest BCUT2D eigenvalue weighted by atomic mass is 19.4. The Hall–Kier alpha value is -0.330. The second-order valence-corrected chi connectivity index (χ2v) is 4.25. The van der Waals surface area contributed by atoms with Crippen molar-refractivity contribution in [1.82, 2.24) is 0 Å². The number of aliphatic hydroxyl groups excluding tert-OH is 2. The molecule has 3 nitrogen and oxygen atoms in total. The molecule has 0 radical (unpaired) electrons. The molecular formula is C10H19F3O3. The Balaban J connectivity index is 4.04. The maximum Gasteiger partial charge on any atom is 0.411 e. The van der Waals surface area contributed by atoms with Crippen LogP contribution in [0.15, 0.2) is 0 Å². The maximum absolute atomic E-state index is 11.8. The fourth-order valence-electron chi connectivity index (χ4n) is 1.33. The molecule has 0 rings (SSSR count). The topological polar surface area (TPSA) is 49.7 Å². The predicted octanol–water partition coefficient (Wildman–Crippen LogP) is 1.58. The molecule has 6 heteroatoms. The van der Waals surface area contributed by atoms with Crippen molar-refractivity contribution in [3.63, 3.8) is 0 Å². The molecule has 0 unspecified atom stereocenters. The van der Waals surface area contributed by atoms with Crippen LogP contribution in [-0.2, 0) is 4.74 Å². The van der Waals surface area contributed by atoms with Crippen molar-refractivity contribution in [2.24, 2.45) is 11.3 Å². The van der Waals surface area contributed by atoms with Gasteiger partial charge in [0.25, 0.3) is 0 Å². The highest BCUT2D eigenvalue weighted by molar-refractivity contribution is 4.81. The third-order valence-electron chi connectivity index (χ3n) is 2.86. The van der Waals surface area contributed by atoms with Gasteiger partial charge in [0, 0.05) is 12.0 Å². The summed E-state index contributed by atoms with van der Waals surface area (Å²) >= 11 is 0. The van der Waals surface area contributed by atoms with Crippen LogP contribution in [0.5, 0.6) is 0 Å². The van der Waals surface area contributed by atoms with E-state index in [0.717, 1.165) is 0 Å². The van der Waals surface area contributed by atoms with Gasteiger partial charge in [-0.1, -0.05) is 13.8 Å². The van der Waals surface area contributed by atoms with Gasteiger partial charge in [-0.15, -0.1) is 0 Å². The van der Waals surface area contributed by atoms with Crippen molar-refractivity contribution in [1.29, 1.82) is 0 Å². The monoisotopic (exact) mass is 244 g/mol. The molecule has 0 aromatic carbocycles. The highest BCUT2D eigenvalue weighted by Crippen LogP contribution is 2.30. The third kappa shape index (κ3) is 5.14. The lowest BCUT2D eigenvalue weighted by molar-refractivity contribution is -0.176. The summed E-state index contributed by atoms with van der Waals surface area (Å²) in [6.07, 6.45) is -4.13. The van der Waals surface area contributed by atoms with Gasteiger partial charge in [-0.3, -0.25) is 0 Å². The molecule has 0 amide bonds. The van der Waals surface area contributed by atoms with Gasteiger partial charge in [-0.05, 0) is 12.3 Å². The number of aliphatic hydroxyl groups is 2. The molecule has 0 aromatic heterocycles. The van der Waals surface area contributed by atoms with Crippen molar-refractivity contribution in [3.05, 3.63) is 0 Å². The van der Waals surface area contributed by atoms with Crippen LogP contribution in [0.2, 0.25) is 0 Å². The van der Waals surface area contributed by atoms with Crippen molar-refractivity contribution in [2.75, 3.05) is 26.4 Å². The maximum atomic E-state index is 11.8. The molecule has 0 heterocycles. The van der Waals surface area contributed by atoms with E-state index in [9.17, 15) is 13.2 Å². The summed E-state index contributed by atoms with van der Waals surface area (Å²) in [6, 6.07) is 0. The Labute approximate surface area is 93.2 Å². The van der Waals surface area contributed by atoms with Gasteiger partial charge in [0.05, 0.1) is 13.2 Å². The lowest BCUT2D eigenvalue weighted by atomic mass is 9.76. The van der Waals surface area contributed by atoms with E-state index in [-0.39, 0.29) is 32.2 Å². The molecule has 0 saturated heterocycles.